The SMILES string of the molecule is c1ccc(-c2ccc(-c3cc(-c4ccc(-c5ccccn5)cc4)c4ccc5cccc6ccc3c4c65)cc2)nc1. The Labute approximate surface area is 232 Å². The maximum atomic E-state index is 4.54. The van der Waals surface area contributed by atoms with Crippen molar-refractivity contribution in [2.75, 3.05) is 0 Å². The summed E-state index contributed by atoms with van der Waals surface area (Å²) in [5.41, 5.74) is 9.08. The van der Waals surface area contributed by atoms with Crippen molar-refractivity contribution >= 4 is 32.3 Å². The summed E-state index contributed by atoms with van der Waals surface area (Å²) in [4.78, 5) is 9.07. The Morgan fingerprint density at radius 1 is 0.350 bits per heavy atom. The van der Waals surface area contributed by atoms with Crippen molar-refractivity contribution in [3.05, 3.63) is 146 Å². The Morgan fingerprint density at radius 2 is 0.825 bits per heavy atom. The van der Waals surface area contributed by atoms with Crippen molar-refractivity contribution in [1.29, 1.82) is 0 Å². The minimum Gasteiger partial charge on any atom is -0.256 e. The van der Waals surface area contributed by atoms with E-state index in [1.165, 1.54) is 54.6 Å². The molecule has 0 atom stereocenters. The van der Waals surface area contributed by atoms with E-state index in [-0.39, 0.29) is 0 Å². The van der Waals surface area contributed by atoms with Gasteiger partial charge in [0.25, 0.3) is 0 Å². The van der Waals surface area contributed by atoms with Gasteiger partial charge in [-0.3, -0.25) is 9.97 Å². The van der Waals surface area contributed by atoms with E-state index in [2.05, 4.69) is 119 Å². The van der Waals surface area contributed by atoms with Crippen LogP contribution in [0.1, 0.15) is 0 Å². The molecule has 0 aliphatic heterocycles. The molecule has 0 N–H and O–H groups in total. The fraction of sp³-hybridized carbons (Fsp3) is 0. The predicted octanol–water partition coefficient (Wildman–Crippen LogP) is 10.0. The number of aromatic nitrogens is 2. The number of hydrogen-bond donors (Lipinski definition) is 0. The Bertz CT molecular complexity index is 1970. The van der Waals surface area contributed by atoms with E-state index in [0.29, 0.717) is 0 Å². The highest BCUT2D eigenvalue weighted by Crippen LogP contribution is 2.44. The van der Waals surface area contributed by atoms with Crippen molar-refractivity contribution in [1.82, 2.24) is 9.97 Å². The molecule has 0 saturated carbocycles. The zero-order valence-corrected chi connectivity index (χ0v) is 21.8. The lowest BCUT2D eigenvalue weighted by Crippen LogP contribution is -1.91. The summed E-state index contributed by atoms with van der Waals surface area (Å²) < 4.78 is 0. The second-order valence-electron chi connectivity index (χ2n) is 10.2. The molecule has 6 aromatic carbocycles. The number of pyridine rings is 2. The molecule has 0 radical (unpaired) electrons. The van der Waals surface area contributed by atoms with Crippen LogP contribution in [0.2, 0.25) is 0 Å². The molecule has 2 heteroatoms. The summed E-state index contributed by atoms with van der Waals surface area (Å²) in [6, 6.07) is 47.7. The van der Waals surface area contributed by atoms with E-state index >= 15 is 0 Å². The van der Waals surface area contributed by atoms with Gasteiger partial charge in [0.2, 0.25) is 0 Å². The van der Waals surface area contributed by atoms with Crippen LogP contribution < -0.4 is 0 Å². The molecule has 8 rings (SSSR count). The molecule has 40 heavy (non-hydrogen) atoms. The van der Waals surface area contributed by atoms with Crippen molar-refractivity contribution < 1.29 is 0 Å². The number of benzene rings is 6. The molecule has 2 nitrogen and oxygen atoms in total. The normalized spacial score (nSPS) is 11.5. The van der Waals surface area contributed by atoms with Gasteiger partial charge in [-0.15, -0.1) is 0 Å². The molecule has 2 heterocycles. The Balaban J connectivity index is 1.36. The number of nitrogens with zero attached hydrogens (tertiary/aromatic N) is 2. The van der Waals surface area contributed by atoms with Crippen LogP contribution in [-0.4, -0.2) is 9.97 Å². The topological polar surface area (TPSA) is 25.8 Å². The maximum Gasteiger partial charge on any atom is 0.0701 e. The summed E-state index contributed by atoms with van der Waals surface area (Å²) in [5.74, 6) is 0. The molecule has 0 amide bonds. The third kappa shape index (κ3) is 3.65. The van der Waals surface area contributed by atoms with Crippen LogP contribution in [0.15, 0.2) is 146 Å². The second kappa shape index (κ2) is 9.14. The van der Waals surface area contributed by atoms with Crippen molar-refractivity contribution in [3.8, 4) is 44.8 Å². The van der Waals surface area contributed by atoms with Gasteiger partial charge in [0.05, 0.1) is 11.4 Å². The zero-order chi connectivity index (χ0) is 26.5. The van der Waals surface area contributed by atoms with E-state index in [1.807, 2.05) is 36.7 Å². The summed E-state index contributed by atoms with van der Waals surface area (Å²) in [6.07, 6.45) is 3.69. The molecule has 0 saturated heterocycles. The lowest BCUT2D eigenvalue weighted by Gasteiger charge is -2.18. The lowest BCUT2D eigenvalue weighted by atomic mass is 9.85. The van der Waals surface area contributed by atoms with Crippen molar-refractivity contribution in [2.24, 2.45) is 0 Å². The maximum absolute atomic E-state index is 4.54. The van der Waals surface area contributed by atoms with Gasteiger partial charge in [-0.05, 0) is 84.9 Å². The molecule has 0 fully saturated rings. The van der Waals surface area contributed by atoms with Crippen LogP contribution in [-0.2, 0) is 0 Å². The van der Waals surface area contributed by atoms with E-state index in [9.17, 15) is 0 Å². The van der Waals surface area contributed by atoms with E-state index < -0.39 is 0 Å². The van der Waals surface area contributed by atoms with E-state index in [0.717, 1.165) is 22.5 Å². The zero-order valence-electron chi connectivity index (χ0n) is 21.8. The highest BCUT2D eigenvalue weighted by Gasteiger charge is 2.17. The standard InChI is InChI=1S/C38H24N2/c1-3-22-39-35(8-1)27-14-10-25(11-15-27)33-24-34(26-12-16-28(17-13-26)36-9-2-4-23-40-36)32-21-19-30-7-5-6-29-18-20-31(33)38(32)37(29)30/h1-24H. The first-order chi connectivity index (χ1) is 19.8. The molecule has 0 spiro atoms. The molecule has 0 aliphatic rings. The third-order valence-corrected chi connectivity index (χ3v) is 7.96. The van der Waals surface area contributed by atoms with E-state index in [1.54, 1.807) is 0 Å². The third-order valence-electron chi connectivity index (χ3n) is 7.96. The van der Waals surface area contributed by atoms with Gasteiger partial charge >= 0.3 is 0 Å². The van der Waals surface area contributed by atoms with Gasteiger partial charge in [0.15, 0.2) is 0 Å². The molecular formula is C38H24N2. The van der Waals surface area contributed by atoms with Gasteiger partial charge in [0, 0.05) is 23.5 Å². The number of rotatable bonds is 4. The Hall–Kier alpha value is -5.34. The summed E-state index contributed by atoms with van der Waals surface area (Å²) >= 11 is 0. The van der Waals surface area contributed by atoms with Crippen molar-refractivity contribution in [3.63, 3.8) is 0 Å². The van der Waals surface area contributed by atoms with Crippen LogP contribution in [0.25, 0.3) is 77.1 Å². The quantitative estimate of drug-likeness (QED) is 0.221. The molecule has 2 aromatic heterocycles. The molecule has 186 valence electrons. The summed E-state index contributed by atoms with van der Waals surface area (Å²) in [5, 5.41) is 7.75. The van der Waals surface area contributed by atoms with Crippen LogP contribution in [0.3, 0.4) is 0 Å². The highest BCUT2D eigenvalue weighted by molar-refractivity contribution is 6.28. The Kier molecular flexibility index (Phi) is 5.17. The van der Waals surface area contributed by atoms with Gasteiger partial charge in [0.1, 0.15) is 0 Å². The van der Waals surface area contributed by atoms with Gasteiger partial charge in [-0.25, -0.2) is 0 Å². The molecule has 0 aliphatic carbocycles. The average Bonchev–Trinajstić information content (AvgIpc) is 3.04. The van der Waals surface area contributed by atoms with Gasteiger partial charge in [-0.2, -0.15) is 0 Å². The summed E-state index contributed by atoms with van der Waals surface area (Å²) in [6.45, 7) is 0. The first kappa shape index (κ1) is 22.6. The van der Waals surface area contributed by atoms with Crippen LogP contribution in [0.5, 0.6) is 0 Å². The first-order valence-corrected chi connectivity index (χ1v) is 13.6. The second-order valence-corrected chi connectivity index (χ2v) is 10.2. The van der Waals surface area contributed by atoms with Crippen molar-refractivity contribution in [2.45, 2.75) is 0 Å². The first-order valence-electron chi connectivity index (χ1n) is 13.6. The van der Waals surface area contributed by atoms with Crippen LogP contribution in [0.4, 0.5) is 0 Å². The smallest absolute Gasteiger partial charge is 0.0701 e. The Morgan fingerprint density at radius 3 is 1.27 bits per heavy atom. The molecule has 0 unspecified atom stereocenters. The number of hydrogen-bond acceptors (Lipinski definition) is 2. The fourth-order valence-electron chi connectivity index (χ4n) is 6.02. The predicted molar refractivity (Wildman–Crippen MR) is 167 cm³/mol. The molecule has 0 bridgehead atoms. The van der Waals surface area contributed by atoms with Gasteiger partial charge < -0.3 is 0 Å². The largest absolute Gasteiger partial charge is 0.256 e. The highest BCUT2D eigenvalue weighted by atomic mass is 14.7. The van der Waals surface area contributed by atoms with Gasteiger partial charge in [-0.1, -0.05) is 103 Å². The van der Waals surface area contributed by atoms with Crippen LogP contribution >= 0.6 is 0 Å². The molecule has 8 aromatic rings. The lowest BCUT2D eigenvalue weighted by molar-refractivity contribution is 1.33. The molecular weight excluding hydrogens is 484 g/mol. The summed E-state index contributed by atoms with van der Waals surface area (Å²) in [7, 11) is 0. The fourth-order valence-corrected chi connectivity index (χ4v) is 6.02. The minimum absolute atomic E-state index is 0.984. The average molecular weight is 509 g/mol. The monoisotopic (exact) mass is 508 g/mol. The van der Waals surface area contributed by atoms with E-state index in [4.69, 9.17) is 0 Å². The minimum atomic E-state index is 0.984. The van der Waals surface area contributed by atoms with Crippen LogP contribution in [0, 0.1) is 0 Å².